The lowest BCUT2D eigenvalue weighted by atomic mass is 10.2. The Hall–Kier alpha value is -2.05. The second-order valence-corrected chi connectivity index (χ2v) is 7.79. The highest BCUT2D eigenvalue weighted by molar-refractivity contribution is 8.02. The van der Waals surface area contributed by atoms with E-state index in [-0.39, 0.29) is 5.91 Å². The summed E-state index contributed by atoms with van der Waals surface area (Å²) in [7, 11) is 0. The van der Waals surface area contributed by atoms with Gasteiger partial charge in [-0.1, -0.05) is 35.5 Å². The Morgan fingerprint density at radius 2 is 2.07 bits per heavy atom. The smallest absolute Gasteiger partial charge is 0.223 e. The summed E-state index contributed by atoms with van der Waals surface area (Å²) in [6.45, 7) is 6.22. The van der Waals surface area contributed by atoms with E-state index >= 15 is 0 Å². The quantitative estimate of drug-likeness (QED) is 0.678. The first kappa shape index (κ1) is 19.7. The molecule has 1 aliphatic heterocycles. The van der Waals surface area contributed by atoms with E-state index in [1.807, 2.05) is 36.1 Å². The molecule has 5 nitrogen and oxygen atoms in total. The fourth-order valence-corrected chi connectivity index (χ4v) is 3.85. The van der Waals surface area contributed by atoms with Crippen molar-refractivity contribution >= 4 is 23.7 Å². The molecular weight excluding hydrogens is 358 g/mol. The van der Waals surface area contributed by atoms with E-state index in [4.69, 9.17) is 4.52 Å². The molecule has 0 bridgehead atoms. The van der Waals surface area contributed by atoms with Crippen LogP contribution >= 0.6 is 11.8 Å². The minimum Gasteiger partial charge on any atom is -0.361 e. The van der Waals surface area contributed by atoms with Gasteiger partial charge in [-0.25, -0.2) is 0 Å². The summed E-state index contributed by atoms with van der Waals surface area (Å²) in [5, 5.41) is 6.14. The summed E-state index contributed by atoms with van der Waals surface area (Å²) in [5.41, 5.74) is 2.15. The highest BCUT2D eigenvalue weighted by Gasteiger charge is 2.19. The van der Waals surface area contributed by atoms with Crippen molar-refractivity contribution in [3.05, 3.63) is 58.8 Å². The molecule has 1 fully saturated rings. The first-order chi connectivity index (χ1) is 13.2. The van der Waals surface area contributed by atoms with E-state index in [2.05, 4.69) is 33.7 Å². The molecule has 0 saturated carbocycles. The van der Waals surface area contributed by atoms with Gasteiger partial charge in [-0.05, 0) is 30.4 Å². The van der Waals surface area contributed by atoms with E-state index in [0.717, 1.165) is 56.4 Å². The molecule has 1 aromatic carbocycles. The van der Waals surface area contributed by atoms with Crippen LogP contribution in [0.2, 0.25) is 0 Å². The van der Waals surface area contributed by atoms with Gasteiger partial charge in [0.2, 0.25) is 5.91 Å². The predicted octanol–water partition coefficient (Wildman–Crippen LogP) is 3.81. The van der Waals surface area contributed by atoms with E-state index in [1.54, 1.807) is 11.8 Å². The number of aryl methyl sites for hydroxylation is 1. The molecule has 0 N–H and O–H groups in total. The Morgan fingerprint density at radius 1 is 1.22 bits per heavy atom. The van der Waals surface area contributed by atoms with Crippen molar-refractivity contribution in [1.29, 1.82) is 0 Å². The third-order valence-corrected chi connectivity index (χ3v) is 5.36. The van der Waals surface area contributed by atoms with Crippen LogP contribution in [0.5, 0.6) is 0 Å². The number of hydrogen-bond acceptors (Lipinski definition) is 5. The molecular formula is C21H27N3O2S. The number of nitrogens with zero attached hydrogens (tertiary/aromatic N) is 3. The number of thioether (sulfide) groups is 1. The number of hydrogen-bond donors (Lipinski definition) is 0. The summed E-state index contributed by atoms with van der Waals surface area (Å²) in [4.78, 5) is 16.9. The topological polar surface area (TPSA) is 49.6 Å². The third kappa shape index (κ3) is 6.56. The number of aromatic nitrogens is 1. The van der Waals surface area contributed by atoms with Crippen molar-refractivity contribution in [2.24, 2.45) is 0 Å². The number of amides is 1. The molecule has 0 aliphatic carbocycles. The molecule has 0 unspecified atom stereocenters. The van der Waals surface area contributed by atoms with Gasteiger partial charge in [0.25, 0.3) is 0 Å². The van der Waals surface area contributed by atoms with Gasteiger partial charge in [-0.2, -0.15) is 0 Å². The molecule has 2 heterocycles. The Balaban J connectivity index is 1.37. The standard InChI is InChI=1S/C21H27N3O2S/c1-18-16-20(22-26-18)17-23-10-5-11-24(13-12-23)21(25)9-15-27-14-8-19-6-3-2-4-7-19/h2-4,6-8,14,16H,5,9-13,15,17H2,1H3. The Kier molecular flexibility index (Phi) is 7.54. The first-order valence-electron chi connectivity index (χ1n) is 9.46. The van der Waals surface area contributed by atoms with E-state index in [0.29, 0.717) is 6.42 Å². The maximum atomic E-state index is 12.5. The van der Waals surface area contributed by atoms with Crippen LogP contribution in [0.25, 0.3) is 6.08 Å². The Bertz CT molecular complexity index is 745. The van der Waals surface area contributed by atoms with Gasteiger partial charge in [0.1, 0.15) is 5.76 Å². The number of benzene rings is 1. The highest BCUT2D eigenvalue weighted by Crippen LogP contribution is 2.13. The molecule has 1 aromatic heterocycles. The van der Waals surface area contributed by atoms with E-state index < -0.39 is 0 Å². The maximum Gasteiger partial charge on any atom is 0.223 e. The van der Waals surface area contributed by atoms with Crippen molar-refractivity contribution in [1.82, 2.24) is 15.0 Å². The van der Waals surface area contributed by atoms with Crippen LogP contribution in [0.4, 0.5) is 0 Å². The zero-order valence-electron chi connectivity index (χ0n) is 15.8. The summed E-state index contributed by atoms with van der Waals surface area (Å²) < 4.78 is 5.14. The van der Waals surface area contributed by atoms with Gasteiger partial charge in [-0.15, -0.1) is 11.8 Å². The largest absolute Gasteiger partial charge is 0.361 e. The SMILES string of the molecule is Cc1cc(CN2CCCN(C(=O)CCSC=Cc3ccccc3)CC2)no1. The zero-order chi connectivity index (χ0) is 18.9. The molecule has 144 valence electrons. The average molecular weight is 386 g/mol. The van der Waals surface area contributed by atoms with Gasteiger partial charge in [0, 0.05) is 51.0 Å². The van der Waals surface area contributed by atoms with E-state index in [1.165, 1.54) is 5.56 Å². The van der Waals surface area contributed by atoms with Crippen LogP contribution in [0.1, 0.15) is 29.9 Å². The predicted molar refractivity (Wildman–Crippen MR) is 110 cm³/mol. The molecule has 0 radical (unpaired) electrons. The second-order valence-electron chi connectivity index (χ2n) is 6.77. The second kappa shape index (κ2) is 10.3. The van der Waals surface area contributed by atoms with Crippen LogP contribution in [0.15, 0.2) is 46.3 Å². The molecule has 27 heavy (non-hydrogen) atoms. The molecule has 0 atom stereocenters. The van der Waals surface area contributed by atoms with Crippen LogP contribution < -0.4 is 0 Å². The zero-order valence-corrected chi connectivity index (χ0v) is 16.7. The fourth-order valence-electron chi connectivity index (χ4n) is 3.16. The average Bonchev–Trinajstić information content (AvgIpc) is 2.94. The van der Waals surface area contributed by atoms with Crippen LogP contribution in [-0.4, -0.2) is 52.8 Å². The van der Waals surface area contributed by atoms with Crippen molar-refractivity contribution < 1.29 is 9.32 Å². The normalized spacial score (nSPS) is 16.0. The summed E-state index contributed by atoms with van der Waals surface area (Å²) in [5.74, 6) is 1.92. The Morgan fingerprint density at radius 3 is 2.85 bits per heavy atom. The molecule has 0 spiro atoms. The fraction of sp³-hybridized carbons (Fsp3) is 0.429. The Labute approximate surface area is 165 Å². The molecule has 3 rings (SSSR count). The van der Waals surface area contributed by atoms with E-state index in [9.17, 15) is 4.79 Å². The number of carbonyl (C=O) groups excluding carboxylic acids is 1. The van der Waals surface area contributed by atoms with Crippen molar-refractivity contribution in [3.63, 3.8) is 0 Å². The lowest BCUT2D eigenvalue weighted by Gasteiger charge is -2.21. The number of rotatable bonds is 7. The van der Waals surface area contributed by atoms with Crippen molar-refractivity contribution in [2.75, 3.05) is 31.9 Å². The van der Waals surface area contributed by atoms with Gasteiger partial charge in [-0.3, -0.25) is 9.69 Å². The minimum atomic E-state index is 0.259. The number of carbonyl (C=O) groups is 1. The minimum absolute atomic E-state index is 0.259. The third-order valence-electron chi connectivity index (χ3n) is 4.59. The lowest BCUT2D eigenvalue weighted by molar-refractivity contribution is -0.130. The van der Waals surface area contributed by atoms with Crippen LogP contribution in [-0.2, 0) is 11.3 Å². The van der Waals surface area contributed by atoms with Crippen molar-refractivity contribution in [2.45, 2.75) is 26.3 Å². The van der Waals surface area contributed by atoms with Gasteiger partial charge in [0.15, 0.2) is 0 Å². The van der Waals surface area contributed by atoms with Gasteiger partial charge >= 0.3 is 0 Å². The molecule has 1 amide bonds. The molecule has 1 saturated heterocycles. The van der Waals surface area contributed by atoms with Crippen LogP contribution in [0.3, 0.4) is 0 Å². The highest BCUT2D eigenvalue weighted by atomic mass is 32.2. The maximum absolute atomic E-state index is 12.5. The summed E-state index contributed by atoms with van der Waals surface area (Å²) in [6, 6.07) is 12.2. The van der Waals surface area contributed by atoms with Gasteiger partial charge < -0.3 is 9.42 Å². The molecule has 6 heteroatoms. The monoisotopic (exact) mass is 385 g/mol. The first-order valence-corrected chi connectivity index (χ1v) is 10.5. The van der Waals surface area contributed by atoms with Gasteiger partial charge in [0.05, 0.1) is 5.69 Å². The molecule has 2 aromatic rings. The summed E-state index contributed by atoms with van der Waals surface area (Å²) >= 11 is 1.69. The summed E-state index contributed by atoms with van der Waals surface area (Å²) in [6.07, 6.45) is 3.68. The molecule has 1 aliphatic rings. The van der Waals surface area contributed by atoms with Crippen LogP contribution in [0, 0.1) is 6.92 Å². The lowest BCUT2D eigenvalue weighted by Crippen LogP contribution is -2.35. The van der Waals surface area contributed by atoms with Crippen molar-refractivity contribution in [3.8, 4) is 0 Å².